The molecule has 0 saturated heterocycles. The summed E-state index contributed by atoms with van der Waals surface area (Å²) in [7, 11) is -3.62. The highest BCUT2D eigenvalue weighted by atomic mass is 32.2. The third-order valence-corrected chi connectivity index (χ3v) is 5.83. The molecule has 0 unspecified atom stereocenters. The van der Waals surface area contributed by atoms with Crippen molar-refractivity contribution in [2.45, 2.75) is 36.8 Å². The molecule has 1 amide bonds. The van der Waals surface area contributed by atoms with E-state index >= 15 is 0 Å². The van der Waals surface area contributed by atoms with E-state index in [0.29, 0.717) is 17.9 Å². The van der Waals surface area contributed by atoms with Crippen LogP contribution in [0, 0.1) is 0 Å². The van der Waals surface area contributed by atoms with Gasteiger partial charge in [0, 0.05) is 5.56 Å². The molecule has 0 radical (unpaired) electrons. The van der Waals surface area contributed by atoms with Crippen molar-refractivity contribution < 1.29 is 22.4 Å². The number of hydrogen-bond donors (Lipinski definition) is 1. The van der Waals surface area contributed by atoms with Gasteiger partial charge >= 0.3 is 6.01 Å². The fourth-order valence-electron chi connectivity index (χ4n) is 2.67. The number of carbonyl (C=O) groups excluding carboxylic acids is 1. The van der Waals surface area contributed by atoms with Gasteiger partial charge in [0.1, 0.15) is 11.5 Å². The minimum absolute atomic E-state index is 0.109. The third-order valence-electron chi connectivity index (χ3n) is 4.22. The van der Waals surface area contributed by atoms with E-state index in [0.717, 1.165) is 19.3 Å². The number of nitrogens with one attached hydrogen (secondary N) is 1. The van der Waals surface area contributed by atoms with Crippen LogP contribution in [0.4, 0.5) is 6.01 Å². The quantitative estimate of drug-likeness (QED) is 0.487. The Hall–Kier alpha value is -3.20. The first-order valence-electron chi connectivity index (χ1n) is 9.62. The van der Waals surface area contributed by atoms with Crippen molar-refractivity contribution >= 4 is 21.8 Å². The van der Waals surface area contributed by atoms with Gasteiger partial charge in [-0.3, -0.25) is 10.1 Å². The van der Waals surface area contributed by atoms with E-state index in [1.807, 2.05) is 0 Å². The molecule has 30 heavy (non-hydrogen) atoms. The van der Waals surface area contributed by atoms with E-state index in [-0.39, 0.29) is 16.8 Å². The number of amides is 1. The van der Waals surface area contributed by atoms with Gasteiger partial charge in [-0.15, -0.1) is 5.10 Å². The summed E-state index contributed by atoms with van der Waals surface area (Å²) in [5, 5.41) is 9.90. The molecule has 8 nitrogen and oxygen atoms in total. The predicted molar refractivity (Wildman–Crippen MR) is 111 cm³/mol. The Bertz CT molecular complexity index is 1080. The molecule has 3 rings (SSSR count). The maximum atomic E-state index is 12.4. The Morgan fingerprint density at radius 2 is 1.87 bits per heavy atom. The average molecular weight is 429 g/mol. The van der Waals surface area contributed by atoms with Crippen LogP contribution in [0.1, 0.15) is 42.4 Å². The lowest BCUT2D eigenvalue weighted by Gasteiger charge is -2.07. The molecule has 1 N–H and O–H groups in total. The molecule has 0 atom stereocenters. The average Bonchev–Trinajstić information content (AvgIpc) is 3.18. The summed E-state index contributed by atoms with van der Waals surface area (Å²) < 4.78 is 35.7. The molecule has 0 aliphatic heterocycles. The van der Waals surface area contributed by atoms with Gasteiger partial charge in [-0.2, -0.15) is 0 Å². The molecule has 158 valence electrons. The summed E-state index contributed by atoms with van der Waals surface area (Å²) >= 11 is 0. The van der Waals surface area contributed by atoms with E-state index < -0.39 is 21.5 Å². The van der Waals surface area contributed by atoms with Crippen LogP contribution in [-0.4, -0.2) is 31.1 Å². The molecular formula is C21H23N3O5S. The minimum atomic E-state index is -3.62. The highest BCUT2D eigenvalue weighted by Crippen LogP contribution is 2.18. The van der Waals surface area contributed by atoms with E-state index in [1.54, 1.807) is 42.5 Å². The van der Waals surface area contributed by atoms with Crippen LogP contribution in [0.25, 0.3) is 0 Å². The van der Waals surface area contributed by atoms with Crippen molar-refractivity contribution in [3.63, 3.8) is 0 Å². The second kappa shape index (κ2) is 10.0. The van der Waals surface area contributed by atoms with Gasteiger partial charge in [0.25, 0.3) is 5.91 Å². The molecule has 0 saturated carbocycles. The smallest absolute Gasteiger partial charge is 0.322 e. The van der Waals surface area contributed by atoms with Crippen molar-refractivity contribution in [1.82, 2.24) is 10.2 Å². The first kappa shape index (κ1) is 21.5. The summed E-state index contributed by atoms with van der Waals surface area (Å²) in [5.74, 6) is -0.433. The number of aromatic nitrogens is 2. The van der Waals surface area contributed by atoms with Crippen LogP contribution in [0.3, 0.4) is 0 Å². The fraction of sp³-hybridized carbons (Fsp3) is 0.286. The Morgan fingerprint density at radius 1 is 1.07 bits per heavy atom. The molecule has 0 aliphatic carbocycles. The zero-order valence-corrected chi connectivity index (χ0v) is 17.4. The molecule has 0 spiro atoms. The van der Waals surface area contributed by atoms with E-state index in [9.17, 15) is 13.2 Å². The maximum absolute atomic E-state index is 12.4. The van der Waals surface area contributed by atoms with Crippen LogP contribution < -0.4 is 10.1 Å². The third kappa shape index (κ3) is 5.90. The first-order valence-corrected chi connectivity index (χ1v) is 11.3. The van der Waals surface area contributed by atoms with Gasteiger partial charge in [-0.25, -0.2) is 8.42 Å². The standard InChI is InChI=1S/C21H23N3O5S/c1-2-3-7-13-28-17-10-8-9-16(14-17)20(25)22-21-24-23-19(29-21)15-30(26,27)18-11-5-4-6-12-18/h4-6,8-12,14H,2-3,7,13,15H2,1H3,(H,22,24,25). The van der Waals surface area contributed by atoms with Crippen LogP contribution >= 0.6 is 0 Å². The first-order chi connectivity index (χ1) is 14.5. The van der Waals surface area contributed by atoms with Crippen LogP contribution in [-0.2, 0) is 15.6 Å². The molecule has 0 bridgehead atoms. The molecule has 1 heterocycles. The zero-order valence-electron chi connectivity index (χ0n) is 16.6. The number of carbonyl (C=O) groups is 1. The number of ether oxygens (including phenoxy) is 1. The number of rotatable bonds is 10. The summed E-state index contributed by atoms with van der Waals surface area (Å²) in [4.78, 5) is 12.6. The number of anilines is 1. The maximum Gasteiger partial charge on any atom is 0.322 e. The summed E-state index contributed by atoms with van der Waals surface area (Å²) in [5.41, 5.74) is 0.361. The molecule has 2 aromatic carbocycles. The fourth-order valence-corrected chi connectivity index (χ4v) is 3.85. The Labute approximate surface area is 175 Å². The second-order valence-corrected chi connectivity index (χ2v) is 8.60. The Kier molecular flexibility index (Phi) is 7.18. The number of benzene rings is 2. The minimum Gasteiger partial charge on any atom is -0.494 e. The highest BCUT2D eigenvalue weighted by Gasteiger charge is 2.20. The highest BCUT2D eigenvalue weighted by molar-refractivity contribution is 7.90. The van der Waals surface area contributed by atoms with Crippen LogP contribution in [0.2, 0.25) is 0 Å². The van der Waals surface area contributed by atoms with E-state index in [1.165, 1.54) is 12.1 Å². The van der Waals surface area contributed by atoms with E-state index in [2.05, 4.69) is 22.4 Å². The summed E-state index contributed by atoms with van der Waals surface area (Å²) in [6.07, 6.45) is 3.13. The summed E-state index contributed by atoms with van der Waals surface area (Å²) in [6, 6.07) is 14.6. The zero-order chi connectivity index (χ0) is 21.4. The van der Waals surface area contributed by atoms with Gasteiger partial charge < -0.3 is 9.15 Å². The van der Waals surface area contributed by atoms with Crippen LogP contribution in [0.15, 0.2) is 63.9 Å². The van der Waals surface area contributed by atoms with Gasteiger partial charge in [-0.1, -0.05) is 49.1 Å². The van der Waals surface area contributed by atoms with Gasteiger partial charge in [0.05, 0.1) is 11.5 Å². The molecule has 0 fully saturated rings. The second-order valence-electron chi connectivity index (χ2n) is 6.61. The molecular weight excluding hydrogens is 406 g/mol. The van der Waals surface area contributed by atoms with Gasteiger partial charge in [0.15, 0.2) is 9.84 Å². The Balaban J connectivity index is 1.61. The number of hydrogen-bond acceptors (Lipinski definition) is 7. The normalized spacial score (nSPS) is 11.2. The molecule has 3 aromatic rings. The summed E-state index contributed by atoms with van der Waals surface area (Å²) in [6.45, 7) is 2.70. The van der Waals surface area contributed by atoms with Crippen molar-refractivity contribution in [2.24, 2.45) is 0 Å². The molecule has 1 aromatic heterocycles. The van der Waals surface area contributed by atoms with Crippen molar-refractivity contribution in [1.29, 1.82) is 0 Å². The van der Waals surface area contributed by atoms with Crippen molar-refractivity contribution in [3.05, 3.63) is 66.1 Å². The van der Waals surface area contributed by atoms with E-state index in [4.69, 9.17) is 9.15 Å². The number of nitrogens with zero attached hydrogens (tertiary/aromatic N) is 2. The van der Waals surface area contributed by atoms with Crippen LogP contribution in [0.5, 0.6) is 5.75 Å². The lowest BCUT2D eigenvalue weighted by molar-refractivity contribution is 0.102. The lowest BCUT2D eigenvalue weighted by atomic mass is 10.2. The van der Waals surface area contributed by atoms with Crippen molar-refractivity contribution in [3.8, 4) is 5.75 Å². The number of unbranched alkanes of at least 4 members (excludes halogenated alkanes) is 2. The Morgan fingerprint density at radius 3 is 2.63 bits per heavy atom. The monoisotopic (exact) mass is 429 g/mol. The van der Waals surface area contributed by atoms with Crippen molar-refractivity contribution in [2.75, 3.05) is 11.9 Å². The topological polar surface area (TPSA) is 111 Å². The predicted octanol–water partition coefficient (Wildman–Crippen LogP) is 3.86. The SMILES string of the molecule is CCCCCOc1cccc(C(=O)Nc2nnc(CS(=O)(=O)c3ccccc3)o2)c1. The molecule has 0 aliphatic rings. The van der Waals surface area contributed by atoms with Gasteiger partial charge in [-0.05, 0) is 36.8 Å². The van der Waals surface area contributed by atoms with Gasteiger partial charge in [0.2, 0.25) is 5.89 Å². The molecule has 9 heteroatoms. The largest absolute Gasteiger partial charge is 0.494 e. The number of sulfone groups is 1. The lowest BCUT2D eigenvalue weighted by Crippen LogP contribution is -2.12.